The highest BCUT2D eigenvalue weighted by Gasteiger charge is 2.12. The van der Waals surface area contributed by atoms with Gasteiger partial charge in [-0.2, -0.15) is 0 Å². The van der Waals surface area contributed by atoms with Gasteiger partial charge in [-0.15, -0.1) is 0 Å². The highest BCUT2D eigenvalue weighted by Crippen LogP contribution is 2.29. The quantitative estimate of drug-likeness (QED) is 0.780. The van der Waals surface area contributed by atoms with E-state index in [1.165, 1.54) is 0 Å². The molecule has 5 nitrogen and oxygen atoms in total. The SMILES string of the molecule is COc1cc(-n2c(N)nc3cccnc32)ccc1Cl. The number of methoxy groups -OCH3 is 1. The van der Waals surface area contributed by atoms with Gasteiger partial charge < -0.3 is 10.5 Å². The molecule has 0 fully saturated rings. The van der Waals surface area contributed by atoms with Crippen molar-refractivity contribution in [3.05, 3.63) is 41.6 Å². The number of fused-ring (bicyclic) bond motifs is 1. The molecule has 0 aliphatic carbocycles. The fourth-order valence-corrected chi connectivity index (χ4v) is 2.17. The Balaban J connectivity index is 2.27. The Morgan fingerprint density at radius 1 is 1.32 bits per heavy atom. The lowest BCUT2D eigenvalue weighted by Crippen LogP contribution is -2.01. The second-order valence-corrected chi connectivity index (χ2v) is 4.38. The van der Waals surface area contributed by atoms with E-state index in [0.29, 0.717) is 22.4 Å². The van der Waals surface area contributed by atoms with Crippen molar-refractivity contribution in [2.24, 2.45) is 0 Å². The second-order valence-electron chi connectivity index (χ2n) is 3.97. The summed E-state index contributed by atoms with van der Waals surface area (Å²) >= 11 is 6.02. The van der Waals surface area contributed by atoms with Gasteiger partial charge in [-0.05, 0) is 24.3 Å². The molecule has 0 unspecified atom stereocenters. The molecule has 0 bridgehead atoms. The van der Waals surface area contributed by atoms with E-state index in [-0.39, 0.29) is 0 Å². The molecule has 0 aliphatic rings. The number of pyridine rings is 1. The van der Waals surface area contributed by atoms with E-state index in [0.717, 1.165) is 11.2 Å². The number of aromatic nitrogens is 3. The van der Waals surface area contributed by atoms with Gasteiger partial charge >= 0.3 is 0 Å². The van der Waals surface area contributed by atoms with Crippen LogP contribution in [0.5, 0.6) is 5.75 Å². The van der Waals surface area contributed by atoms with Crippen molar-refractivity contribution >= 4 is 28.7 Å². The van der Waals surface area contributed by atoms with Crippen molar-refractivity contribution in [1.29, 1.82) is 0 Å². The molecule has 2 N–H and O–H groups in total. The van der Waals surface area contributed by atoms with Crippen molar-refractivity contribution in [2.75, 3.05) is 12.8 Å². The van der Waals surface area contributed by atoms with Gasteiger partial charge in [0.2, 0.25) is 5.95 Å². The van der Waals surface area contributed by atoms with Crippen LogP contribution in [-0.2, 0) is 0 Å². The van der Waals surface area contributed by atoms with Crippen LogP contribution in [0.2, 0.25) is 5.02 Å². The first-order chi connectivity index (χ1) is 9.20. The van der Waals surface area contributed by atoms with Gasteiger partial charge in [-0.1, -0.05) is 11.6 Å². The van der Waals surface area contributed by atoms with Crippen LogP contribution in [0.1, 0.15) is 0 Å². The summed E-state index contributed by atoms with van der Waals surface area (Å²) in [5.74, 6) is 0.953. The molecule has 0 atom stereocenters. The summed E-state index contributed by atoms with van der Waals surface area (Å²) in [5, 5.41) is 0.544. The van der Waals surface area contributed by atoms with Crippen LogP contribution in [0.25, 0.3) is 16.9 Å². The Kier molecular flexibility index (Phi) is 2.76. The van der Waals surface area contributed by atoms with E-state index < -0.39 is 0 Å². The lowest BCUT2D eigenvalue weighted by atomic mass is 10.3. The third-order valence-electron chi connectivity index (χ3n) is 2.83. The number of anilines is 1. The van der Waals surface area contributed by atoms with Crippen molar-refractivity contribution in [2.45, 2.75) is 0 Å². The molecular formula is C13H11ClN4O. The number of rotatable bonds is 2. The standard InChI is InChI=1S/C13H11ClN4O/c1-19-11-7-8(4-5-9(11)14)18-12-10(17-13(18)15)3-2-6-16-12/h2-7H,1H3,(H2,15,17). The summed E-state index contributed by atoms with van der Waals surface area (Å²) in [4.78, 5) is 8.57. The number of nitrogens with two attached hydrogens (primary N) is 1. The van der Waals surface area contributed by atoms with Crippen LogP contribution < -0.4 is 10.5 Å². The minimum absolute atomic E-state index is 0.373. The number of nitrogens with zero attached hydrogens (tertiary/aromatic N) is 3. The Labute approximate surface area is 114 Å². The van der Waals surface area contributed by atoms with E-state index in [4.69, 9.17) is 22.1 Å². The molecular weight excluding hydrogens is 264 g/mol. The van der Waals surface area contributed by atoms with Gasteiger partial charge in [0, 0.05) is 12.3 Å². The molecule has 96 valence electrons. The minimum atomic E-state index is 0.373. The normalized spacial score (nSPS) is 10.8. The fraction of sp³-hybridized carbons (Fsp3) is 0.0769. The van der Waals surface area contributed by atoms with Crippen LogP contribution >= 0.6 is 11.6 Å². The number of hydrogen-bond donors (Lipinski definition) is 1. The summed E-state index contributed by atoms with van der Waals surface area (Å²) in [7, 11) is 1.57. The van der Waals surface area contributed by atoms with Crippen LogP contribution in [0.4, 0.5) is 5.95 Å². The van der Waals surface area contributed by atoms with Crippen LogP contribution in [0.3, 0.4) is 0 Å². The average Bonchev–Trinajstić information content (AvgIpc) is 2.75. The van der Waals surface area contributed by atoms with Crippen molar-refractivity contribution in [3.63, 3.8) is 0 Å². The molecule has 3 aromatic rings. The van der Waals surface area contributed by atoms with E-state index in [2.05, 4.69) is 9.97 Å². The van der Waals surface area contributed by atoms with Crippen molar-refractivity contribution in [3.8, 4) is 11.4 Å². The summed E-state index contributed by atoms with van der Waals surface area (Å²) in [5.41, 5.74) is 8.20. The lowest BCUT2D eigenvalue weighted by molar-refractivity contribution is 0.415. The highest BCUT2D eigenvalue weighted by molar-refractivity contribution is 6.32. The summed E-state index contributed by atoms with van der Waals surface area (Å²) < 4.78 is 6.97. The Morgan fingerprint density at radius 3 is 2.95 bits per heavy atom. The molecule has 0 saturated heterocycles. The molecule has 0 aliphatic heterocycles. The zero-order valence-electron chi connectivity index (χ0n) is 10.2. The lowest BCUT2D eigenvalue weighted by Gasteiger charge is -2.09. The smallest absolute Gasteiger partial charge is 0.207 e. The Morgan fingerprint density at radius 2 is 2.16 bits per heavy atom. The predicted molar refractivity (Wildman–Crippen MR) is 74.8 cm³/mol. The molecule has 19 heavy (non-hydrogen) atoms. The van der Waals surface area contributed by atoms with E-state index in [9.17, 15) is 0 Å². The second kappa shape index (κ2) is 4.44. The number of nitrogen functional groups attached to an aromatic ring is 1. The summed E-state index contributed by atoms with van der Waals surface area (Å²) in [6.45, 7) is 0. The Bertz CT molecular complexity index is 753. The van der Waals surface area contributed by atoms with E-state index in [1.54, 1.807) is 30.0 Å². The fourth-order valence-electron chi connectivity index (χ4n) is 1.97. The number of hydrogen-bond acceptors (Lipinski definition) is 4. The van der Waals surface area contributed by atoms with Gasteiger partial charge in [0.05, 0.1) is 17.8 Å². The third kappa shape index (κ3) is 1.88. The topological polar surface area (TPSA) is 66.0 Å². The highest BCUT2D eigenvalue weighted by atomic mass is 35.5. The maximum absolute atomic E-state index is 6.02. The zero-order valence-corrected chi connectivity index (χ0v) is 10.9. The van der Waals surface area contributed by atoms with Gasteiger partial charge in [-0.25, -0.2) is 9.97 Å². The van der Waals surface area contributed by atoms with Crippen LogP contribution in [-0.4, -0.2) is 21.6 Å². The molecule has 0 amide bonds. The minimum Gasteiger partial charge on any atom is -0.495 e. The van der Waals surface area contributed by atoms with Gasteiger partial charge in [-0.3, -0.25) is 4.57 Å². The molecule has 3 rings (SSSR count). The van der Waals surface area contributed by atoms with E-state index in [1.807, 2.05) is 18.2 Å². The molecule has 2 heterocycles. The van der Waals surface area contributed by atoms with Gasteiger partial charge in [0.15, 0.2) is 5.65 Å². The summed E-state index contributed by atoms with van der Waals surface area (Å²) in [6.07, 6.45) is 1.70. The van der Waals surface area contributed by atoms with Crippen LogP contribution in [0, 0.1) is 0 Å². The largest absolute Gasteiger partial charge is 0.495 e. The molecule has 6 heteroatoms. The van der Waals surface area contributed by atoms with Crippen molar-refractivity contribution < 1.29 is 4.74 Å². The van der Waals surface area contributed by atoms with Gasteiger partial charge in [0.25, 0.3) is 0 Å². The van der Waals surface area contributed by atoms with Crippen molar-refractivity contribution in [1.82, 2.24) is 14.5 Å². The number of halogens is 1. The molecule has 1 aromatic carbocycles. The average molecular weight is 275 g/mol. The first-order valence-electron chi connectivity index (χ1n) is 5.63. The number of ether oxygens (including phenoxy) is 1. The molecule has 0 radical (unpaired) electrons. The molecule has 2 aromatic heterocycles. The van der Waals surface area contributed by atoms with Crippen LogP contribution in [0.15, 0.2) is 36.5 Å². The molecule has 0 saturated carbocycles. The number of benzene rings is 1. The third-order valence-corrected chi connectivity index (χ3v) is 3.15. The first kappa shape index (κ1) is 11.8. The number of imidazole rings is 1. The van der Waals surface area contributed by atoms with E-state index >= 15 is 0 Å². The Hall–Kier alpha value is -2.27. The molecule has 0 spiro atoms. The van der Waals surface area contributed by atoms with Gasteiger partial charge in [0.1, 0.15) is 11.3 Å². The first-order valence-corrected chi connectivity index (χ1v) is 6.01. The maximum atomic E-state index is 6.02. The monoisotopic (exact) mass is 274 g/mol. The zero-order chi connectivity index (χ0) is 13.4. The predicted octanol–water partition coefficient (Wildman–Crippen LogP) is 2.66. The maximum Gasteiger partial charge on any atom is 0.207 e. The summed E-state index contributed by atoms with van der Waals surface area (Å²) in [6, 6.07) is 9.08.